The number of rotatable bonds is 5. The Balaban J connectivity index is 1.72. The highest BCUT2D eigenvalue weighted by molar-refractivity contribution is 7.21. The van der Waals surface area contributed by atoms with Gasteiger partial charge in [0.25, 0.3) is 5.91 Å². The minimum absolute atomic E-state index is 0.0463. The van der Waals surface area contributed by atoms with Crippen LogP contribution < -0.4 is 5.32 Å². The number of carbonyl (C=O) groups excluding carboxylic acids is 1. The molecular weight excluding hydrogens is 310 g/mol. The van der Waals surface area contributed by atoms with Gasteiger partial charge in [-0.1, -0.05) is 6.92 Å². The zero-order valence-corrected chi connectivity index (χ0v) is 12.8. The lowest BCUT2D eigenvalue weighted by molar-refractivity contribution is -0.137. The van der Waals surface area contributed by atoms with Crippen molar-refractivity contribution in [1.29, 1.82) is 0 Å². The maximum atomic E-state index is 12.1. The number of amides is 1. The molecule has 3 aromatic heterocycles. The molecule has 0 aliphatic heterocycles. The normalized spacial score (nSPS) is 12.8. The third kappa shape index (κ3) is 2.77. The number of nitrogens with zero attached hydrogens (tertiary/aromatic N) is 2. The van der Waals surface area contributed by atoms with Gasteiger partial charge in [-0.25, -0.2) is 4.98 Å². The summed E-state index contributed by atoms with van der Waals surface area (Å²) >= 11 is 2.90. The van der Waals surface area contributed by atoms with Crippen molar-refractivity contribution in [3.8, 4) is 0 Å². The minimum Gasteiger partial charge on any atom is -0.481 e. The second kappa shape index (κ2) is 5.45. The minimum atomic E-state index is -0.855. The first kappa shape index (κ1) is 14.0. The van der Waals surface area contributed by atoms with Gasteiger partial charge in [-0.2, -0.15) is 0 Å². The molecule has 21 heavy (non-hydrogen) atoms. The first-order chi connectivity index (χ1) is 10.0. The number of carboxylic acid groups (broad SMARTS) is 1. The SMILES string of the molecule is CC(CNC(=O)c1cc2c(nc3sccn32)s1)CC(=O)O. The Morgan fingerprint density at radius 1 is 1.52 bits per heavy atom. The fourth-order valence-corrected chi connectivity index (χ4v) is 3.80. The Kier molecular flexibility index (Phi) is 3.64. The molecule has 0 aromatic carbocycles. The molecule has 3 rings (SSSR count). The van der Waals surface area contributed by atoms with Gasteiger partial charge in [0.05, 0.1) is 10.4 Å². The number of imidazole rings is 1. The van der Waals surface area contributed by atoms with Gasteiger partial charge in [0.15, 0.2) is 4.96 Å². The van der Waals surface area contributed by atoms with Gasteiger partial charge >= 0.3 is 5.97 Å². The van der Waals surface area contributed by atoms with Crippen LogP contribution in [0.2, 0.25) is 0 Å². The smallest absolute Gasteiger partial charge is 0.303 e. The highest BCUT2D eigenvalue weighted by atomic mass is 32.1. The summed E-state index contributed by atoms with van der Waals surface area (Å²) in [6.45, 7) is 2.15. The average molecular weight is 323 g/mol. The molecule has 0 fully saturated rings. The highest BCUT2D eigenvalue weighted by Crippen LogP contribution is 2.28. The lowest BCUT2D eigenvalue weighted by Gasteiger charge is -2.09. The predicted octanol–water partition coefficient (Wildman–Crippen LogP) is 2.45. The molecule has 110 valence electrons. The molecule has 0 bridgehead atoms. The van der Waals surface area contributed by atoms with E-state index in [1.165, 1.54) is 11.3 Å². The number of hydrogen-bond acceptors (Lipinski definition) is 5. The van der Waals surface area contributed by atoms with E-state index in [1.54, 1.807) is 18.3 Å². The number of carboxylic acids is 1. The van der Waals surface area contributed by atoms with Gasteiger partial charge < -0.3 is 10.4 Å². The van der Waals surface area contributed by atoms with Gasteiger partial charge in [0.2, 0.25) is 0 Å². The Morgan fingerprint density at radius 2 is 2.33 bits per heavy atom. The highest BCUT2D eigenvalue weighted by Gasteiger charge is 2.16. The molecule has 3 heterocycles. The Hall–Kier alpha value is -1.93. The van der Waals surface area contributed by atoms with E-state index in [9.17, 15) is 9.59 Å². The molecule has 1 atom stereocenters. The van der Waals surface area contributed by atoms with E-state index >= 15 is 0 Å². The Morgan fingerprint density at radius 3 is 3.10 bits per heavy atom. The van der Waals surface area contributed by atoms with Crippen LogP contribution in [0.15, 0.2) is 17.6 Å². The number of nitrogens with one attached hydrogen (secondary N) is 1. The van der Waals surface area contributed by atoms with Gasteiger partial charge in [0, 0.05) is 24.5 Å². The molecule has 0 aliphatic rings. The van der Waals surface area contributed by atoms with Crippen molar-refractivity contribution >= 4 is 49.9 Å². The third-order valence-electron chi connectivity index (χ3n) is 3.10. The van der Waals surface area contributed by atoms with Crippen LogP contribution in [0.5, 0.6) is 0 Å². The molecule has 1 amide bonds. The summed E-state index contributed by atoms with van der Waals surface area (Å²) < 4.78 is 1.96. The van der Waals surface area contributed by atoms with E-state index in [0.29, 0.717) is 11.4 Å². The monoisotopic (exact) mass is 323 g/mol. The molecule has 3 aromatic rings. The first-order valence-corrected chi connectivity index (χ1v) is 8.09. The van der Waals surface area contributed by atoms with Gasteiger partial charge in [0.1, 0.15) is 4.83 Å². The first-order valence-electron chi connectivity index (χ1n) is 6.39. The molecule has 8 heteroatoms. The van der Waals surface area contributed by atoms with Crippen molar-refractivity contribution in [2.24, 2.45) is 5.92 Å². The second-order valence-electron chi connectivity index (χ2n) is 4.88. The number of aromatic nitrogens is 2. The molecule has 0 radical (unpaired) electrons. The van der Waals surface area contributed by atoms with E-state index in [0.717, 1.165) is 15.3 Å². The lowest BCUT2D eigenvalue weighted by Crippen LogP contribution is -2.28. The van der Waals surface area contributed by atoms with Crippen molar-refractivity contribution in [3.05, 3.63) is 22.5 Å². The summed E-state index contributed by atoms with van der Waals surface area (Å²) in [5, 5.41) is 13.4. The molecule has 6 nitrogen and oxygen atoms in total. The topological polar surface area (TPSA) is 83.7 Å². The average Bonchev–Trinajstić information content (AvgIpc) is 3.05. The summed E-state index contributed by atoms with van der Waals surface area (Å²) in [7, 11) is 0. The van der Waals surface area contributed by atoms with E-state index in [4.69, 9.17) is 5.11 Å². The number of thiazole rings is 1. The summed E-state index contributed by atoms with van der Waals surface area (Å²) in [5.74, 6) is -1.13. The number of carbonyl (C=O) groups is 2. The van der Waals surface area contributed by atoms with E-state index in [2.05, 4.69) is 10.3 Å². The molecule has 0 aliphatic carbocycles. The van der Waals surface area contributed by atoms with Crippen LogP contribution in [-0.2, 0) is 4.79 Å². The Bertz CT molecular complexity index is 817. The van der Waals surface area contributed by atoms with Crippen molar-refractivity contribution in [2.45, 2.75) is 13.3 Å². The maximum absolute atomic E-state index is 12.1. The summed E-state index contributed by atoms with van der Waals surface area (Å²) in [4.78, 5) is 29.5. The summed E-state index contributed by atoms with van der Waals surface area (Å²) in [5.41, 5.74) is 0.931. The maximum Gasteiger partial charge on any atom is 0.303 e. The Labute approximate surface area is 128 Å². The summed E-state index contributed by atoms with van der Waals surface area (Å²) in [6.07, 6.45) is 1.98. The van der Waals surface area contributed by atoms with Gasteiger partial charge in [-0.3, -0.25) is 14.0 Å². The zero-order valence-electron chi connectivity index (χ0n) is 11.2. The van der Waals surface area contributed by atoms with E-state index in [-0.39, 0.29) is 18.2 Å². The number of hydrogen-bond donors (Lipinski definition) is 2. The number of fused-ring (bicyclic) bond motifs is 3. The van der Waals surface area contributed by atoms with Gasteiger partial charge in [-0.05, 0) is 12.0 Å². The molecule has 0 saturated heterocycles. The number of aliphatic carboxylic acids is 1. The van der Waals surface area contributed by atoms with Crippen LogP contribution in [0.4, 0.5) is 0 Å². The lowest BCUT2D eigenvalue weighted by atomic mass is 10.1. The number of thiophene rings is 1. The molecule has 0 saturated carbocycles. The van der Waals surface area contributed by atoms with Crippen molar-refractivity contribution in [1.82, 2.24) is 14.7 Å². The predicted molar refractivity (Wildman–Crippen MR) is 82.2 cm³/mol. The van der Waals surface area contributed by atoms with Gasteiger partial charge in [-0.15, -0.1) is 22.7 Å². The molecule has 2 N–H and O–H groups in total. The quantitative estimate of drug-likeness (QED) is 0.755. The summed E-state index contributed by atoms with van der Waals surface area (Å²) in [6, 6.07) is 1.82. The largest absolute Gasteiger partial charge is 0.481 e. The third-order valence-corrected chi connectivity index (χ3v) is 4.87. The van der Waals surface area contributed by atoms with Crippen molar-refractivity contribution in [3.63, 3.8) is 0 Å². The molecular formula is C13H13N3O3S2. The molecule has 1 unspecified atom stereocenters. The standard InChI is InChI=1S/C13H13N3O3S2/c1-7(4-10(17)18)6-14-11(19)9-5-8-12(21-9)15-13-16(8)2-3-20-13/h2-3,5,7H,4,6H2,1H3,(H,14,19)(H,17,18). The van der Waals surface area contributed by atoms with Crippen LogP contribution in [-0.4, -0.2) is 32.9 Å². The fraction of sp³-hybridized carbons (Fsp3) is 0.308. The van der Waals surface area contributed by atoms with E-state index in [1.807, 2.05) is 22.0 Å². The van der Waals surface area contributed by atoms with Crippen LogP contribution in [0.1, 0.15) is 23.0 Å². The second-order valence-corrected chi connectivity index (χ2v) is 6.79. The van der Waals surface area contributed by atoms with Crippen LogP contribution >= 0.6 is 22.7 Å². The van der Waals surface area contributed by atoms with E-state index < -0.39 is 5.97 Å². The zero-order chi connectivity index (χ0) is 15.0. The van der Waals surface area contributed by atoms with Crippen molar-refractivity contribution in [2.75, 3.05) is 6.54 Å². The molecule has 0 spiro atoms. The van der Waals surface area contributed by atoms with Crippen LogP contribution in [0.25, 0.3) is 15.3 Å². The van der Waals surface area contributed by atoms with Crippen molar-refractivity contribution < 1.29 is 14.7 Å². The van der Waals surface area contributed by atoms with Crippen LogP contribution in [0.3, 0.4) is 0 Å². The fourth-order valence-electron chi connectivity index (χ4n) is 2.08. The van der Waals surface area contributed by atoms with Crippen LogP contribution in [0, 0.1) is 5.92 Å².